The van der Waals surface area contributed by atoms with Crippen LogP contribution >= 0.6 is 0 Å². The minimum absolute atomic E-state index is 0.0799. The van der Waals surface area contributed by atoms with Crippen LogP contribution < -0.4 is 4.74 Å². The van der Waals surface area contributed by atoms with Gasteiger partial charge in [0, 0.05) is 6.61 Å². The predicted octanol–water partition coefficient (Wildman–Crippen LogP) is 7.19. The molecule has 0 N–H and O–H groups in total. The highest BCUT2D eigenvalue weighted by atomic mass is 19.2. The van der Waals surface area contributed by atoms with Crippen LogP contribution in [0.25, 0.3) is 0 Å². The lowest BCUT2D eigenvalue weighted by Gasteiger charge is -2.09. The Balaban J connectivity index is 1.67. The van der Waals surface area contributed by atoms with Crippen molar-refractivity contribution in [3.05, 3.63) is 29.1 Å². The largest absolute Gasteiger partial charge is 0.420 e. The second-order valence-corrected chi connectivity index (χ2v) is 14.0. The Kier molecular flexibility index (Phi) is 42.1. The molecule has 19 heteroatoms. The maximum absolute atomic E-state index is 13.6. The Morgan fingerprint density at radius 1 is 0.302 bits per heavy atom. The van der Waals surface area contributed by atoms with E-state index in [2.05, 4.69) is 11.7 Å². The van der Waals surface area contributed by atoms with E-state index < -0.39 is 47.2 Å². The molecule has 0 aliphatic rings. The van der Waals surface area contributed by atoms with Gasteiger partial charge in [-0.1, -0.05) is 71.1 Å². The number of ether oxygens (including phenoxy) is 13. The summed E-state index contributed by atoms with van der Waals surface area (Å²) in [6, 6.07) is 0. The van der Waals surface area contributed by atoms with Crippen molar-refractivity contribution in [2.24, 2.45) is 0 Å². The number of rotatable bonds is 49. The molecule has 0 spiro atoms. The second kappa shape index (κ2) is 45.0. The van der Waals surface area contributed by atoms with E-state index >= 15 is 0 Å². The topological polar surface area (TPSA) is 137 Å². The van der Waals surface area contributed by atoms with E-state index in [0.29, 0.717) is 126 Å². The Hall–Kier alpha value is -2.14. The number of benzene rings is 1. The fourth-order valence-corrected chi connectivity index (χ4v) is 5.38. The summed E-state index contributed by atoms with van der Waals surface area (Å²) in [5, 5.41) is 0. The van der Waals surface area contributed by atoms with Crippen LogP contribution in [0.4, 0.5) is 22.0 Å². The third-order valence-corrected chi connectivity index (χ3v) is 8.82. The van der Waals surface area contributed by atoms with Gasteiger partial charge in [0.2, 0.25) is 34.8 Å². The molecule has 1 rings (SSSR count). The van der Waals surface area contributed by atoms with Crippen molar-refractivity contribution in [3.8, 4) is 5.75 Å². The Morgan fingerprint density at radius 2 is 0.524 bits per heavy atom. The van der Waals surface area contributed by atoms with Gasteiger partial charge in [-0.05, 0) is 6.42 Å². The molecule has 0 aliphatic carbocycles. The van der Waals surface area contributed by atoms with Gasteiger partial charge in [0.1, 0.15) is 0 Å². The molecule has 0 heterocycles. The average Bonchev–Trinajstić information content (AvgIpc) is 3.28. The quantitative estimate of drug-likeness (QED) is 0.0163. The Labute approximate surface area is 371 Å². The maximum Gasteiger partial charge on any atom is 0.313 e. The summed E-state index contributed by atoms with van der Waals surface area (Å²) >= 11 is 0. The highest BCUT2D eigenvalue weighted by Crippen LogP contribution is 2.29. The van der Waals surface area contributed by atoms with Crippen LogP contribution in [0.3, 0.4) is 0 Å². The van der Waals surface area contributed by atoms with Gasteiger partial charge in [-0.15, -0.1) is 0 Å². The molecule has 0 amide bonds. The van der Waals surface area contributed by atoms with Crippen molar-refractivity contribution in [3.63, 3.8) is 0 Å². The van der Waals surface area contributed by atoms with Gasteiger partial charge in [-0.2, -0.15) is 8.78 Å². The summed E-state index contributed by atoms with van der Waals surface area (Å²) in [6.45, 7) is 12.2. The molecule has 0 atom stereocenters. The second-order valence-electron chi connectivity index (χ2n) is 14.0. The summed E-state index contributed by atoms with van der Waals surface area (Å²) in [5.41, 5.74) is 0. The van der Waals surface area contributed by atoms with E-state index in [1.807, 2.05) is 0 Å². The van der Waals surface area contributed by atoms with E-state index in [1.54, 1.807) is 0 Å². The highest BCUT2D eigenvalue weighted by molar-refractivity contribution is 5.72. The smallest absolute Gasteiger partial charge is 0.313 e. The Bertz CT molecular complexity index is 1160. The zero-order valence-electron chi connectivity index (χ0n) is 37.6. The van der Waals surface area contributed by atoms with Crippen molar-refractivity contribution in [2.45, 2.75) is 84.0 Å². The van der Waals surface area contributed by atoms with Gasteiger partial charge in [0.25, 0.3) is 0 Å². The SMILES string of the molecule is CCCCCCCCCCCCCOCCOCCOCCOCCOCCOCCOCCOCCOCCOCCOCCOCCC(=O)Oc1c(F)c(F)c(F)c(F)c1F. The highest BCUT2D eigenvalue weighted by Gasteiger charge is 2.28. The first-order valence-electron chi connectivity index (χ1n) is 22.5. The van der Waals surface area contributed by atoms with E-state index in [0.717, 1.165) is 13.0 Å². The van der Waals surface area contributed by atoms with Gasteiger partial charge in [0.15, 0.2) is 0 Å². The lowest BCUT2D eigenvalue weighted by atomic mass is 10.1. The summed E-state index contributed by atoms with van der Waals surface area (Å²) in [5.74, 6) is -14.1. The fourth-order valence-electron chi connectivity index (χ4n) is 5.38. The molecule has 0 bridgehead atoms. The monoisotopic (exact) mass is 923 g/mol. The first-order chi connectivity index (χ1) is 30.9. The van der Waals surface area contributed by atoms with Crippen LogP contribution in [-0.4, -0.2) is 165 Å². The van der Waals surface area contributed by atoms with Crippen molar-refractivity contribution >= 4 is 5.97 Å². The molecule has 0 unspecified atom stereocenters. The minimum Gasteiger partial charge on any atom is -0.420 e. The van der Waals surface area contributed by atoms with Gasteiger partial charge >= 0.3 is 5.97 Å². The molecule has 0 aliphatic heterocycles. The van der Waals surface area contributed by atoms with Crippen LogP contribution in [-0.2, 0) is 61.6 Å². The number of unbranched alkanes of at least 4 members (excludes halogenated alkanes) is 10. The zero-order chi connectivity index (χ0) is 45.7. The van der Waals surface area contributed by atoms with Crippen molar-refractivity contribution in [1.29, 1.82) is 0 Å². The molecule has 0 saturated carbocycles. The summed E-state index contributed by atoms with van der Waals surface area (Å²) in [7, 11) is 0. The predicted molar refractivity (Wildman–Crippen MR) is 223 cm³/mol. The van der Waals surface area contributed by atoms with Gasteiger partial charge in [-0.3, -0.25) is 4.79 Å². The van der Waals surface area contributed by atoms with Crippen LogP contribution in [0.1, 0.15) is 84.0 Å². The first-order valence-corrected chi connectivity index (χ1v) is 22.5. The third-order valence-electron chi connectivity index (χ3n) is 8.82. The van der Waals surface area contributed by atoms with Crippen LogP contribution in [0.15, 0.2) is 0 Å². The van der Waals surface area contributed by atoms with Crippen LogP contribution in [0, 0.1) is 29.1 Å². The van der Waals surface area contributed by atoms with Crippen molar-refractivity contribution in [2.75, 3.05) is 159 Å². The standard InChI is InChI=1S/C44H75F5O14/c1-2-3-4-5-6-7-8-9-10-11-12-14-51-16-18-53-20-22-55-24-26-57-28-30-59-32-34-61-36-37-62-35-33-60-31-29-58-27-25-56-23-21-54-19-17-52-15-13-38(50)63-44-42(48)40(46)39(45)41(47)43(44)49/h2-37H2,1H3. The van der Waals surface area contributed by atoms with Gasteiger partial charge in [-0.25, -0.2) is 13.2 Å². The van der Waals surface area contributed by atoms with Crippen molar-refractivity contribution < 1.29 is 88.3 Å². The van der Waals surface area contributed by atoms with Gasteiger partial charge in [0.05, 0.1) is 158 Å². The number of carbonyl (C=O) groups is 1. The number of hydrogen-bond acceptors (Lipinski definition) is 14. The average molecular weight is 923 g/mol. The van der Waals surface area contributed by atoms with E-state index in [9.17, 15) is 26.7 Å². The van der Waals surface area contributed by atoms with Crippen LogP contribution in [0.5, 0.6) is 5.75 Å². The summed E-state index contributed by atoms with van der Waals surface area (Å²) in [6.07, 6.45) is 14.2. The molecule has 370 valence electrons. The summed E-state index contributed by atoms with van der Waals surface area (Å²) < 4.78 is 136. The lowest BCUT2D eigenvalue weighted by Crippen LogP contribution is -2.16. The molecular weight excluding hydrogens is 847 g/mol. The van der Waals surface area contributed by atoms with E-state index in [1.165, 1.54) is 64.2 Å². The summed E-state index contributed by atoms with van der Waals surface area (Å²) in [4.78, 5) is 11.7. The van der Waals surface area contributed by atoms with Crippen molar-refractivity contribution in [1.82, 2.24) is 0 Å². The van der Waals surface area contributed by atoms with Crippen LogP contribution in [0.2, 0.25) is 0 Å². The number of carbonyl (C=O) groups excluding carboxylic acids is 1. The molecule has 14 nitrogen and oxygen atoms in total. The van der Waals surface area contributed by atoms with E-state index in [-0.39, 0.29) is 26.4 Å². The first kappa shape index (κ1) is 58.9. The number of hydrogen-bond donors (Lipinski definition) is 0. The number of halogens is 5. The Morgan fingerprint density at radius 3 is 0.810 bits per heavy atom. The molecular formula is C44H75F5O14. The number of esters is 1. The molecule has 0 radical (unpaired) electrons. The molecule has 0 saturated heterocycles. The third kappa shape index (κ3) is 35.8. The normalized spacial score (nSPS) is 11.6. The molecule has 63 heavy (non-hydrogen) atoms. The minimum atomic E-state index is -2.35. The van der Waals surface area contributed by atoms with Gasteiger partial charge < -0.3 is 61.6 Å². The molecule has 1 aromatic carbocycles. The molecule has 0 aromatic heterocycles. The zero-order valence-corrected chi connectivity index (χ0v) is 37.6. The maximum atomic E-state index is 13.6. The fraction of sp³-hybridized carbons (Fsp3) is 0.841. The molecule has 1 aromatic rings. The van der Waals surface area contributed by atoms with E-state index in [4.69, 9.17) is 56.8 Å². The lowest BCUT2D eigenvalue weighted by molar-refractivity contribution is -0.136. The molecule has 0 fully saturated rings.